The molecule has 0 N–H and O–H groups in total. The molecule has 0 aliphatic carbocycles. The summed E-state index contributed by atoms with van der Waals surface area (Å²) >= 11 is 0. The van der Waals surface area contributed by atoms with Gasteiger partial charge in [0.2, 0.25) is 15.9 Å². The second-order valence-electron chi connectivity index (χ2n) is 5.99. The number of piperidine rings is 1. The summed E-state index contributed by atoms with van der Waals surface area (Å²) in [5, 5.41) is 0. The summed E-state index contributed by atoms with van der Waals surface area (Å²) in [5.41, 5.74) is 0. The Morgan fingerprint density at radius 1 is 1.38 bits per heavy atom. The first kappa shape index (κ1) is 20.4. The van der Waals surface area contributed by atoms with Crippen LogP contribution in [0.5, 0.6) is 0 Å². The van der Waals surface area contributed by atoms with E-state index in [1.807, 2.05) is 0 Å². The van der Waals surface area contributed by atoms with Crippen LogP contribution >= 0.6 is 0 Å². The molecule has 0 unspecified atom stereocenters. The van der Waals surface area contributed by atoms with Crippen molar-refractivity contribution in [3.05, 3.63) is 37.2 Å². The van der Waals surface area contributed by atoms with E-state index in [-0.39, 0.29) is 37.4 Å². The second kappa shape index (κ2) is 8.17. The Bertz CT molecular complexity index is 730. The normalized spacial score (nSPS) is 17.0. The highest BCUT2D eigenvalue weighted by molar-refractivity contribution is 7.89. The molecule has 2 rings (SSSR count). The van der Waals surface area contributed by atoms with Crippen molar-refractivity contribution in [2.45, 2.75) is 23.9 Å². The van der Waals surface area contributed by atoms with Crippen LogP contribution in [-0.2, 0) is 14.8 Å². The molecule has 26 heavy (non-hydrogen) atoms. The monoisotopic (exact) mass is 391 g/mol. The maximum absolute atomic E-state index is 12.6. The number of carbonyl (C=O) groups excluding carboxylic acids is 1. The summed E-state index contributed by atoms with van der Waals surface area (Å²) in [6, 6.07) is 2.93. The van der Waals surface area contributed by atoms with Gasteiger partial charge in [-0.25, -0.2) is 8.42 Å². The molecule has 0 bridgehead atoms. The maximum atomic E-state index is 12.6. The van der Waals surface area contributed by atoms with Crippen molar-refractivity contribution in [1.29, 1.82) is 0 Å². The molecule has 6 nitrogen and oxygen atoms in total. The summed E-state index contributed by atoms with van der Waals surface area (Å²) in [4.78, 5) is 16.9. The topological polar surface area (TPSA) is 70.6 Å². The van der Waals surface area contributed by atoms with E-state index >= 15 is 0 Å². The molecule has 0 radical (unpaired) electrons. The number of carbonyl (C=O) groups is 1. The Morgan fingerprint density at radius 2 is 2.04 bits per heavy atom. The molecule has 1 aliphatic heterocycles. The van der Waals surface area contributed by atoms with Crippen LogP contribution in [0.1, 0.15) is 12.8 Å². The Labute approximate surface area is 150 Å². The standard InChI is InChI=1S/C16H20F3N3O3S/c1-2-8-21(12-16(17,18)19)15(23)13-5-9-22(10-6-13)26(24,25)14-4-3-7-20-11-14/h2-4,7,11,13H,1,5-6,8-10,12H2. The fourth-order valence-electron chi connectivity index (χ4n) is 2.85. The van der Waals surface area contributed by atoms with Crippen LogP contribution < -0.4 is 0 Å². The van der Waals surface area contributed by atoms with Gasteiger partial charge in [-0.1, -0.05) is 6.08 Å². The molecular weight excluding hydrogens is 371 g/mol. The number of hydrogen-bond donors (Lipinski definition) is 0. The number of pyridine rings is 1. The van der Waals surface area contributed by atoms with E-state index in [9.17, 15) is 26.4 Å². The lowest BCUT2D eigenvalue weighted by molar-refractivity contribution is -0.163. The molecule has 0 aromatic carbocycles. The molecule has 1 aromatic heterocycles. The molecule has 0 atom stereocenters. The number of hydrogen-bond acceptors (Lipinski definition) is 4. The van der Waals surface area contributed by atoms with Crippen LogP contribution in [-0.4, -0.2) is 60.9 Å². The third kappa shape index (κ3) is 5.04. The van der Waals surface area contributed by atoms with Crippen LogP contribution in [0.4, 0.5) is 13.2 Å². The Balaban J connectivity index is 2.02. The lowest BCUT2D eigenvalue weighted by Gasteiger charge is -2.33. The van der Waals surface area contributed by atoms with Gasteiger partial charge >= 0.3 is 6.18 Å². The third-order valence-corrected chi connectivity index (χ3v) is 5.99. The Morgan fingerprint density at radius 3 is 2.54 bits per heavy atom. The number of alkyl halides is 3. The maximum Gasteiger partial charge on any atom is 0.406 e. The molecule has 0 spiro atoms. The van der Waals surface area contributed by atoms with Gasteiger partial charge in [0.1, 0.15) is 11.4 Å². The highest BCUT2D eigenvalue weighted by Crippen LogP contribution is 2.26. The summed E-state index contributed by atoms with van der Waals surface area (Å²) in [5.74, 6) is -1.27. The van der Waals surface area contributed by atoms with E-state index in [1.165, 1.54) is 34.9 Å². The minimum absolute atomic E-state index is 0.0510. The van der Waals surface area contributed by atoms with Gasteiger partial charge in [0, 0.05) is 37.9 Å². The number of aromatic nitrogens is 1. The summed E-state index contributed by atoms with van der Waals surface area (Å²) in [6.45, 7) is 1.98. The smallest absolute Gasteiger partial charge is 0.330 e. The fourth-order valence-corrected chi connectivity index (χ4v) is 4.29. The minimum atomic E-state index is -4.50. The van der Waals surface area contributed by atoms with E-state index in [1.54, 1.807) is 0 Å². The first-order valence-electron chi connectivity index (χ1n) is 8.02. The summed E-state index contributed by atoms with van der Waals surface area (Å²) < 4.78 is 64.2. The van der Waals surface area contributed by atoms with E-state index in [2.05, 4.69) is 11.6 Å². The van der Waals surface area contributed by atoms with Gasteiger partial charge in [-0.05, 0) is 25.0 Å². The summed E-state index contributed by atoms with van der Waals surface area (Å²) in [7, 11) is -3.72. The number of amides is 1. The number of rotatable bonds is 6. The van der Waals surface area contributed by atoms with Crippen molar-refractivity contribution in [1.82, 2.24) is 14.2 Å². The SMILES string of the molecule is C=CCN(CC(F)(F)F)C(=O)C1CCN(S(=O)(=O)c2cccnc2)CC1. The molecule has 2 heterocycles. The van der Waals surface area contributed by atoms with Crippen molar-refractivity contribution in [3.8, 4) is 0 Å². The fraction of sp³-hybridized carbons (Fsp3) is 0.500. The van der Waals surface area contributed by atoms with Gasteiger partial charge in [-0.3, -0.25) is 9.78 Å². The van der Waals surface area contributed by atoms with Crippen molar-refractivity contribution >= 4 is 15.9 Å². The first-order valence-corrected chi connectivity index (χ1v) is 9.46. The lowest BCUT2D eigenvalue weighted by Crippen LogP contribution is -2.46. The highest BCUT2D eigenvalue weighted by Gasteiger charge is 2.37. The predicted molar refractivity (Wildman–Crippen MR) is 88.6 cm³/mol. The molecule has 1 saturated heterocycles. The third-order valence-electron chi connectivity index (χ3n) is 4.11. The van der Waals surface area contributed by atoms with Crippen LogP contribution in [0.2, 0.25) is 0 Å². The number of sulfonamides is 1. The average Bonchev–Trinajstić information content (AvgIpc) is 2.60. The Hall–Kier alpha value is -1.94. The zero-order chi connectivity index (χ0) is 19.4. The molecular formula is C16H20F3N3O3S. The Kier molecular flexibility index (Phi) is 6.40. The molecule has 1 fully saturated rings. The van der Waals surface area contributed by atoms with Gasteiger partial charge in [-0.15, -0.1) is 6.58 Å². The van der Waals surface area contributed by atoms with Crippen molar-refractivity contribution in [2.24, 2.45) is 5.92 Å². The van der Waals surface area contributed by atoms with Crippen LogP contribution in [0, 0.1) is 5.92 Å². The molecule has 1 amide bonds. The second-order valence-corrected chi connectivity index (χ2v) is 7.93. The van der Waals surface area contributed by atoms with E-state index in [4.69, 9.17) is 0 Å². The van der Waals surface area contributed by atoms with Crippen molar-refractivity contribution < 1.29 is 26.4 Å². The van der Waals surface area contributed by atoms with Gasteiger partial charge in [0.15, 0.2) is 0 Å². The minimum Gasteiger partial charge on any atom is -0.330 e. The van der Waals surface area contributed by atoms with Gasteiger partial charge < -0.3 is 4.90 Å². The van der Waals surface area contributed by atoms with Crippen molar-refractivity contribution in [3.63, 3.8) is 0 Å². The largest absolute Gasteiger partial charge is 0.406 e. The molecule has 0 saturated carbocycles. The zero-order valence-corrected chi connectivity index (χ0v) is 14.8. The van der Waals surface area contributed by atoms with Crippen molar-refractivity contribution in [2.75, 3.05) is 26.2 Å². The van der Waals surface area contributed by atoms with Gasteiger partial charge in [-0.2, -0.15) is 17.5 Å². The average molecular weight is 391 g/mol. The number of halogens is 3. The van der Waals surface area contributed by atoms with Gasteiger partial charge in [0.05, 0.1) is 0 Å². The van der Waals surface area contributed by atoms with E-state index in [0.29, 0.717) is 4.90 Å². The number of nitrogens with zero attached hydrogens (tertiary/aromatic N) is 3. The molecule has 144 valence electrons. The summed E-state index contributed by atoms with van der Waals surface area (Å²) in [6.07, 6.45) is -0.219. The highest BCUT2D eigenvalue weighted by atomic mass is 32.2. The predicted octanol–water partition coefficient (Wildman–Crippen LogP) is 2.06. The zero-order valence-electron chi connectivity index (χ0n) is 14.0. The first-order chi connectivity index (χ1) is 12.1. The lowest BCUT2D eigenvalue weighted by atomic mass is 9.96. The molecule has 10 heteroatoms. The van der Waals surface area contributed by atoms with E-state index < -0.39 is 34.6 Å². The molecule has 1 aromatic rings. The molecule has 1 aliphatic rings. The van der Waals surface area contributed by atoms with Crippen LogP contribution in [0.25, 0.3) is 0 Å². The van der Waals surface area contributed by atoms with Crippen LogP contribution in [0.3, 0.4) is 0 Å². The quantitative estimate of drug-likeness (QED) is 0.696. The van der Waals surface area contributed by atoms with E-state index in [0.717, 1.165) is 0 Å². The van der Waals surface area contributed by atoms with Gasteiger partial charge in [0.25, 0.3) is 0 Å². The van der Waals surface area contributed by atoms with Crippen LogP contribution in [0.15, 0.2) is 42.1 Å².